The van der Waals surface area contributed by atoms with Crippen molar-refractivity contribution >= 4 is 16.3 Å². The normalized spacial score (nSPS) is 10.8. The maximum absolute atomic E-state index is 12.6. The molecule has 25 heavy (non-hydrogen) atoms. The second-order valence-electron chi connectivity index (χ2n) is 5.31. The van der Waals surface area contributed by atoms with Gasteiger partial charge in [-0.3, -0.25) is 0 Å². The standard InChI is InChI=1S/C19H19NO4S/c1-16-5-11-19(12-6-16)25(22,23)20(14-15-21)13-3-4-17-7-9-18(24-2)10-8-17/h5-12,15H,13-14H2,1-2H3. The van der Waals surface area contributed by atoms with Crippen molar-refractivity contribution in [1.82, 2.24) is 4.31 Å². The van der Waals surface area contributed by atoms with Crippen LogP contribution in [-0.4, -0.2) is 39.2 Å². The number of sulfonamides is 1. The molecule has 2 rings (SSSR count). The van der Waals surface area contributed by atoms with Gasteiger partial charge < -0.3 is 9.53 Å². The molecule has 0 fully saturated rings. The van der Waals surface area contributed by atoms with Crippen molar-refractivity contribution in [1.29, 1.82) is 0 Å². The van der Waals surface area contributed by atoms with Crippen molar-refractivity contribution in [2.24, 2.45) is 0 Å². The van der Waals surface area contributed by atoms with Crippen LogP contribution in [0.1, 0.15) is 11.1 Å². The quantitative estimate of drug-likeness (QED) is 0.588. The van der Waals surface area contributed by atoms with Crippen LogP contribution in [0.2, 0.25) is 0 Å². The molecule has 0 heterocycles. The van der Waals surface area contributed by atoms with Gasteiger partial charge in [-0.05, 0) is 43.3 Å². The average Bonchev–Trinajstić information content (AvgIpc) is 2.62. The van der Waals surface area contributed by atoms with Crippen LogP contribution in [0.25, 0.3) is 0 Å². The molecule has 6 heteroatoms. The third kappa shape index (κ3) is 4.92. The Bertz CT molecular complexity index is 876. The Morgan fingerprint density at radius 1 is 1.08 bits per heavy atom. The largest absolute Gasteiger partial charge is 0.497 e. The Balaban J connectivity index is 2.19. The number of carbonyl (C=O) groups excluding carboxylic acids is 1. The van der Waals surface area contributed by atoms with Crippen molar-refractivity contribution in [3.63, 3.8) is 0 Å². The molecule has 0 aliphatic carbocycles. The van der Waals surface area contributed by atoms with Crippen LogP contribution < -0.4 is 4.74 Å². The maximum Gasteiger partial charge on any atom is 0.244 e. The van der Waals surface area contributed by atoms with Crippen LogP contribution in [0.3, 0.4) is 0 Å². The number of hydrogen-bond acceptors (Lipinski definition) is 4. The number of aryl methyl sites for hydroxylation is 1. The highest BCUT2D eigenvalue weighted by Gasteiger charge is 2.23. The SMILES string of the molecule is COc1ccc(C#CCN(CC=O)S(=O)(=O)c2ccc(C)cc2)cc1. The monoisotopic (exact) mass is 357 g/mol. The van der Waals surface area contributed by atoms with Crippen molar-refractivity contribution in [3.05, 3.63) is 59.7 Å². The first-order valence-electron chi connectivity index (χ1n) is 7.61. The van der Waals surface area contributed by atoms with Crippen LogP contribution in [0.5, 0.6) is 5.75 Å². The zero-order valence-corrected chi connectivity index (χ0v) is 14.9. The highest BCUT2D eigenvalue weighted by Crippen LogP contribution is 2.16. The molecule has 0 aliphatic rings. The highest BCUT2D eigenvalue weighted by molar-refractivity contribution is 7.89. The van der Waals surface area contributed by atoms with Crippen molar-refractivity contribution in [2.75, 3.05) is 20.2 Å². The summed E-state index contributed by atoms with van der Waals surface area (Å²) >= 11 is 0. The minimum atomic E-state index is -3.77. The van der Waals surface area contributed by atoms with Gasteiger partial charge in [0, 0.05) is 5.56 Å². The van der Waals surface area contributed by atoms with E-state index in [0.717, 1.165) is 21.2 Å². The molecule has 0 unspecified atom stereocenters. The van der Waals surface area contributed by atoms with Gasteiger partial charge >= 0.3 is 0 Å². The number of ether oxygens (including phenoxy) is 1. The Kier molecular flexibility index (Phi) is 6.34. The summed E-state index contributed by atoms with van der Waals surface area (Å²) in [6.07, 6.45) is 0.556. The molecule has 2 aromatic rings. The molecular weight excluding hydrogens is 338 g/mol. The molecule has 0 amide bonds. The van der Waals surface area contributed by atoms with E-state index in [1.807, 2.05) is 6.92 Å². The zero-order valence-electron chi connectivity index (χ0n) is 14.1. The van der Waals surface area contributed by atoms with E-state index in [0.29, 0.717) is 6.29 Å². The first-order chi connectivity index (χ1) is 12.0. The van der Waals surface area contributed by atoms with E-state index < -0.39 is 10.0 Å². The molecule has 0 radical (unpaired) electrons. The molecule has 0 saturated carbocycles. The van der Waals surface area contributed by atoms with Gasteiger partial charge in [-0.2, -0.15) is 4.31 Å². The molecule has 130 valence electrons. The molecule has 5 nitrogen and oxygen atoms in total. The van der Waals surface area contributed by atoms with E-state index in [1.54, 1.807) is 43.5 Å². The van der Waals surface area contributed by atoms with E-state index in [4.69, 9.17) is 4.74 Å². The average molecular weight is 357 g/mol. The first kappa shape index (κ1) is 18.7. The number of rotatable bonds is 6. The first-order valence-corrected chi connectivity index (χ1v) is 9.05. The Morgan fingerprint density at radius 3 is 2.28 bits per heavy atom. The molecule has 0 spiro atoms. The fourth-order valence-corrected chi connectivity index (χ4v) is 3.36. The van der Waals surface area contributed by atoms with Gasteiger partial charge in [0.05, 0.1) is 25.1 Å². The summed E-state index contributed by atoms with van der Waals surface area (Å²) in [6.45, 7) is 1.56. The summed E-state index contributed by atoms with van der Waals surface area (Å²) in [5.41, 5.74) is 1.69. The second-order valence-corrected chi connectivity index (χ2v) is 7.25. The number of methoxy groups -OCH3 is 1. The van der Waals surface area contributed by atoms with Crippen molar-refractivity contribution < 1.29 is 17.9 Å². The van der Waals surface area contributed by atoms with Gasteiger partial charge in [0.1, 0.15) is 12.0 Å². The third-order valence-corrected chi connectivity index (χ3v) is 5.34. The molecular formula is C19H19NO4S. The van der Waals surface area contributed by atoms with E-state index in [-0.39, 0.29) is 18.0 Å². The predicted molar refractivity (Wildman–Crippen MR) is 95.9 cm³/mol. The number of carbonyl (C=O) groups is 1. The second kappa shape index (κ2) is 8.47. The van der Waals surface area contributed by atoms with E-state index in [1.165, 1.54) is 12.1 Å². The van der Waals surface area contributed by atoms with Crippen molar-refractivity contribution in [2.45, 2.75) is 11.8 Å². The summed E-state index contributed by atoms with van der Waals surface area (Å²) in [6, 6.07) is 13.6. The predicted octanol–water partition coefficient (Wildman–Crippen LogP) is 2.24. The minimum absolute atomic E-state index is 0.0685. The van der Waals surface area contributed by atoms with E-state index in [2.05, 4.69) is 11.8 Å². The van der Waals surface area contributed by atoms with Gasteiger partial charge in [0.2, 0.25) is 10.0 Å². The lowest BCUT2D eigenvalue weighted by atomic mass is 10.2. The lowest BCUT2D eigenvalue weighted by molar-refractivity contribution is -0.108. The Hall–Kier alpha value is -2.62. The lowest BCUT2D eigenvalue weighted by Gasteiger charge is -2.17. The molecule has 0 aliphatic heterocycles. The number of nitrogens with zero attached hydrogens (tertiary/aromatic N) is 1. The summed E-state index contributed by atoms with van der Waals surface area (Å²) in [7, 11) is -2.19. The number of aldehydes is 1. The van der Waals surface area contributed by atoms with Crippen LogP contribution in [-0.2, 0) is 14.8 Å². The number of benzene rings is 2. The fraction of sp³-hybridized carbons (Fsp3) is 0.211. The van der Waals surface area contributed by atoms with Crippen LogP contribution in [0.15, 0.2) is 53.4 Å². The molecule has 0 bridgehead atoms. The zero-order chi connectivity index (χ0) is 18.3. The van der Waals surface area contributed by atoms with E-state index in [9.17, 15) is 13.2 Å². The number of hydrogen-bond donors (Lipinski definition) is 0. The van der Waals surface area contributed by atoms with Crippen LogP contribution in [0.4, 0.5) is 0 Å². The smallest absolute Gasteiger partial charge is 0.244 e. The molecule has 0 saturated heterocycles. The Morgan fingerprint density at radius 2 is 1.72 bits per heavy atom. The molecule has 0 N–H and O–H groups in total. The van der Waals surface area contributed by atoms with Crippen molar-refractivity contribution in [3.8, 4) is 17.6 Å². The molecule has 0 atom stereocenters. The summed E-state index contributed by atoms with van der Waals surface area (Å²) in [5.74, 6) is 6.42. The van der Waals surface area contributed by atoms with Gasteiger partial charge in [0.15, 0.2) is 0 Å². The topological polar surface area (TPSA) is 63.7 Å². The van der Waals surface area contributed by atoms with Crippen LogP contribution in [0, 0.1) is 18.8 Å². The third-order valence-electron chi connectivity index (χ3n) is 3.52. The molecule has 2 aromatic carbocycles. The molecule has 0 aromatic heterocycles. The maximum atomic E-state index is 12.6. The minimum Gasteiger partial charge on any atom is -0.497 e. The highest BCUT2D eigenvalue weighted by atomic mass is 32.2. The fourth-order valence-electron chi connectivity index (χ4n) is 2.09. The Labute approximate surface area is 148 Å². The van der Waals surface area contributed by atoms with Gasteiger partial charge in [-0.1, -0.05) is 29.5 Å². The summed E-state index contributed by atoms with van der Waals surface area (Å²) < 4.78 is 31.4. The lowest BCUT2D eigenvalue weighted by Crippen LogP contribution is -2.33. The van der Waals surface area contributed by atoms with E-state index >= 15 is 0 Å². The van der Waals surface area contributed by atoms with Gasteiger partial charge in [-0.15, -0.1) is 0 Å². The summed E-state index contributed by atoms with van der Waals surface area (Å²) in [5, 5.41) is 0. The van der Waals surface area contributed by atoms with Crippen LogP contribution >= 0.6 is 0 Å². The van der Waals surface area contributed by atoms with Gasteiger partial charge in [-0.25, -0.2) is 8.42 Å². The van der Waals surface area contributed by atoms with Gasteiger partial charge in [0.25, 0.3) is 0 Å². The summed E-state index contributed by atoms with van der Waals surface area (Å²) in [4.78, 5) is 11.0.